The molecule has 0 amide bonds. The molecule has 2 heterocycles. The van der Waals surface area contributed by atoms with Crippen LogP contribution in [0.1, 0.15) is 39.2 Å². The van der Waals surface area contributed by atoms with E-state index in [-0.39, 0.29) is 5.92 Å². The van der Waals surface area contributed by atoms with Gasteiger partial charge in [0, 0.05) is 31.0 Å². The monoisotopic (exact) mass is 398 g/mol. The SMILES string of the molecule is CC.CC(C)c1cncc2c1ccn2S(=O)(=O)c1cc(F)cc(F)c1.CO. The van der Waals surface area contributed by atoms with E-state index in [1.807, 2.05) is 27.7 Å². The van der Waals surface area contributed by atoms with E-state index in [9.17, 15) is 17.2 Å². The molecule has 8 heteroatoms. The van der Waals surface area contributed by atoms with E-state index in [0.29, 0.717) is 11.6 Å². The molecule has 0 saturated heterocycles. The van der Waals surface area contributed by atoms with E-state index in [4.69, 9.17) is 5.11 Å². The highest BCUT2D eigenvalue weighted by molar-refractivity contribution is 7.90. The van der Waals surface area contributed by atoms with Crippen LogP contribution in [-0.2, 0) is 10.0 Å². The van der Waals surface area contributed by atoms with Gasteiger partial charge in [-0.1, -0.05) is 27.7 Å². The summed E-state index contributed by atoms with van der Waals surface area (Å²) >= 11 is 0. The first kappa shape index (κ1) is 22.7. The Labute approximate surface area is 158 Å². The predicted molar refractivity (Wildman–Crippen MR) is 102 cm³/mol. The van der Waals surface area contributed by atoms with Crippen molar-refractivity contribution in [3.63, 3.8) is 0 Å². The number of aliphatic hydroxyl groups excluding tert-OH is 1. The third-order valence-electron chi connectivity index (χ3n) is 3.63. The summed E-state index contributed by atoms with van der Waals surface area (Å²) in [6.45, 7) is 7.95. The van der Waals surface area contributed by atoms with Crippen molar-refractivity contribution in [2.24, 2.45) is 0 Å². The second-order valence-electron chi connectivity index (χ2n) is 5.54. The van der Waals surface area contributed by atoms with Gasteiger partial charge >= 0.3 is 0 Å². The normalized spacial score (nSPS) is 10.9. The summed E-state index contributed by atoms with van der Waals surface area (Å²) in [5, 5.41) is 7.75. The van der Waals surface area contributed by atoms with Gasteiger partial charge in [-0.3, -0.25) is 4.98 Å². The average Bonchev–Trinajstić information content (AvgIpc) is 3.09. The van der Waals surface area contributed by atoms with Crippen molar-refractivity contribution < 1.29 is 22.3 Å². The lowest BCUT2D eigenvalue weighted by atomic mass is 10.0. The molecule has 148 valence electrons. The third-order valence-corrected chi connectivity index (χ3v) is 5.29. The highest BCUT2D eigenvalue weighted by Gasteiger charge is 2.22. The lowest BCUT2D eigenvalue weighted by Crippen LogP contribution is -2.12. The zero-order valence-electron chi connectivity index (χ0n) is 15.9. The minimum Gasteiger partial charge on any atom is -0.400 e. The van der Waals surface area contributed by atoms with Crippen molar-refractivity contribution in [2.75, 3.05) is 7.11 Å². The maximum atomic E-state index is 13.4. The Morgan fingerprint density at radius 3 is 2.11 bits per heavy atom. The van der Waals surface area contributed by atoms with Gasteiger partial charge in [-0.15, -0.1) is 0 Å². The van der Waals surface area contributed by atoms with Crippen molar-refractivity contribution in [3.05, 3.63) is 60.1 Å². The first-order valence-electron chi connectivity index (χ1n) is 8.42. The Balaban J connectivity index is 0.000000855. The minimum absolute atomic E-state index is 0.163. The minimum atomic E-state index is -4.11. The highest BCUT2D eigenvalue weighted by atomic mass is 32.2. The van der Waals surface area contributed by atoms with Crippen LogP contribution in [-0.4, -0.2) is 29.6 Å². The molecule has 0 unspecified atom stereocenters. The maximum absolute atomic E-state index is 13.4. The van der Waals surface area contributed by atoms with Crippen LogP contribution in [0.5, 0.6) is 0 Å². The molecule has 0 spiro atoms. The summed E-state index contributed by atoms with van der Waals surface area (Å²) in [7, 11) is -3.11. The Hall–Kier alpha value is -2.32. The van der Waals surface area contributed by atoms with Crippen LogP contribution < -0.4 is 0 Å². The molecule has 0 aliphatic heterocycles. The van der Waals surface area contributed by atoms with Crippen LogP contribution in [0.3, 0.4) is 0 Å². The van der Waals surface area contributed by atoms with Gasteiger partial charge in [0.1, 0.15) is 11.6 Å². The summed E-state index contributed by atoms with van der Waals surface area (Å²) in [6, 6.07) is 3.89. The molecule has 0 bridgehead atoms. The van der Waals surface area contributed by atoms with Crippen molar-refractivity contribution in [3.8, 4) is 0 Å². The number of rotatable bonds is 3. The van der Waals surface area contributed by atoms with Gasteiger partial charge in [-0.05, 0) is 29.7 Å². The van der Waals surface area contributed by atoms with Crippen LogP contribution in [0.25, 0.3) is 10.9 Å². The number of benzene rings is 1. The summed E-state index contributed by atoms with van der Waals surface area (Å²) in [5.74, 6) is -1.72. The van der Waals surface area contributed by atoms with Crippen molar-refractivity contribution in [1.82, 2.24) is 8.96 Å². The van der Waals surface area contributed by atoms with Crippen LogP contribution >= 0.6 is 0 Å². The number of aliphatic hydroxyl groups is 1. The molecule has 3 aromatic rings. The van der Waals surface area contributed by atoms with Crippen LogP contribution in [0.2, 0.25) is 0 Å². The molecule has 5 nitrogen and oxygen atoms in total. The lowest BCUT2D eigenvalue weighted by Gasteiger charge is -2.10. The van der Waals surface area contributed by atoms with Gasteiger partial charge in [-0.25, -0.2) is 21.2 Å². The fourth-order valence-electron chi connectivity index (χ4n) is 2.52. The fourth-order valence-corrected chi connectivity index (χ4v) is 3.89. The molecule has 1 aromatic carbocycles. The summed E-state index contributed by atoms with van der Waals surface area (Å²) < 4.78 is 53.1. The first-order valence-corrected chi connectivity index (χ1v) is 9.86. The average molecular weight is 398 g/mol. The number of hydrogen-bond acceptors (Lipinski definition) is 4. The van der Waals surface area contributed by atoms with Gasteiger partial charge in [0.15, 0.2) is 0 Å². The van der Waals surface area contributed by atoms with Crippen LogP contribution in [0, 0.1) is 11.6 Å². The van der Waals surface area contributed by atoms with Crippen molar-refractivity contribution >= 4 is 20.9 Å². The number of fused-ring (bicyclic) bond motifs is 1. The second-order valence-corrected chi connectivity index (χ2v) is 7.35. The number of pyridine rings is 1. The molecule has 0 atom stereocenters. The standard InChI is InChI=1S/C16H14F2N2O2S.C2H6.CH4O/c1-10(2)15-8-19-9-16-14(15)3-4-20(16)23(21,22)13-6-11(17)5-12(18)7-13;2*1-2/h3-10H,1-2H3;1-2H3;2H,1H3. The topological polar surface area (TPSA) is 72.2 Å². The zero-order valence-corrected chi connectivity index (χ0v) is 16.8. The molecule has 0 saturated carbocycles. The predicted octanol–water partition coefficient (Wildman–Crippen LogP) is 4.31. The molecular formula is C19H24F2N2O3S. The Morgan fingerprint density at radius 1 is 1.04 bits per heavy atom. The summed E-state index contributed by atoms with van der Waals surface area (Å²) in [5.41, 5.74) is 1.28. The number of aromatic nitrogens is 2. The molecule has 0 aliphatic rings. The van der Waals surface area contributed by atoms with Gasteiger partial charge < -0.3 is 5.11 Å². The molecule has 0 aliphatic carbocycles. The molecule has 1 N–H and O–H groups in total. The van der Waals surface area contributed by atoms with Gasteiger partial charge in [0.25, 0.3) is 10.0 Å². The number of halogens is 2. The summed E-state index contributed by atoms with van der Waals surface area (Å²) in [6.07, 6.45) is 4.48. The largest absolute Gasteiger partial charge is 0.400 e. The molecule has 2 aromatic heterocycles. The Kier molecular flexibility index (Phi) is 8.05. The van der Waals surface area contributed by atoms with E-state index < -0.39 is 26.6 Å². The second kappa shape index (κ2) is 9.57. The molecule has 0 radical (unpaired) electrons. The smallest absolute Gasteiger partial charge is 0.268 e. The fraction of sp³-hybridized carbons (Fsp3) is 0.316. The van der Waals surface area contributed by atoms with Crippen molar-refractivity contribution in [1.29, 1.82) is 0 Å². The van der Waals surface area contributed by atoms with Crippen LogP contribution in [0.4, 0.5) is 8.78 Å². The van der Waals surface area contributed by atoms with Crippen LogP contribution in [0.15, 0.2) is 47.8 Å². The van der Waals surface area contributed by atoms with Crippen molar-refractivity contribution in [2.45, 2.75) is 38.5 Å². The maximum Gasteiger partial charge on any atom is 0.268 e. The summed E-state index contributed by atoms with van der Waals surface area (Å²) in [4.78, 5) is 3.63. The molecule has 0 fully saturated rings. The molecular weight excluding hydrogens is 374 g/mol. The first-order chi connectivity index (χ1) is 12.8. The lowest BCUT2D eigenvalue weighted by molar-refractivity contribution is 0.399. The van der Waals surface area contributed by atoms with E-state index in [1.165, 1.54) is 12.4 Å². The highest BCUT2D eigenvalue weighted by Crippen LogP contribution is 2.28. The number of hydrogen-bond donors (Lipinski definition) is 1. The van der Waals surface area contributed by atoms with E-state index in [1.54, 1.807) is 12.3 Å². The van der Waals surface area contributed by atoms with Gasteiger partial charge in [-0.2, -0.15) is 0 Å². The van der Waals surface area contributed by atoms with E-state index in [0.717, 1.165) is 34.2 Å². The van der Waals surface area contributed by atoms with Gasteiger partial charge in [0.2, 0.25) is 0 Å². The van der Waals surface area contributed by atoms with Gasteiger partial charge in [0.05, 0.1) is 16.6 Å². The third kappa shape index (κ3) is 4.70. The quantitative estimate of drug-likeness (QED) is 0.714. The Morgan fingerprint density at radius 2 is 1.59 bits per heavy atom. The number of nitrogens with zero attached hydrogens (tertiary/aromatic N) is 2. The molecule has 27 heavy (non-hydrogen) atoms. The van der Waals surface area contributed by atoms with E-state index in [2.05, 4.69) is 4.98 Å². The van der Waals surface area contributed by atoms with E-state index >= 15 is 0 Å². The Bertz CT molecular complexity index is 979. The zero-order chi connectivity index (χ0) is 20.8. The molecule has 3 rings (SSSR count).